The van der Waals surface area contributed by atoms with Crippen LogP contribution in [-0.4, -0.2) is 46.8 Å². The van der Waals surface area contributed by atoms with Crippen LogP contribution in [0, 0.1) is 0 Å². The number of nitrogens with zero attached hydrogens (tertiary/aromatic N) is 3. The Morgan fingerprint density at radius 2 is 2.16 bits per heavy atom. The van der Waals surface area contributed by atoms with Crippen molar-refractivity contribution in [3.63, 3.8) is 0 Å². The molecule has 1 aliphatic rings. The first-order valence-corrected chi connectivity index (χ1v) is 11.2. The standard InChI is InChI=1S/C22H28N4O4S/c1-6-11-30-20(27)18-14(4)23-21-24-22(31-12-7-2)25-26(21)19(18)15-9-10-16(29-8-3)17(13-15)28-5/h6,9-10,13,19H,1,7-8,11-12H2,2-5H3,(H,23,24,25). The van der Waals surface area contributed by atoms with Crippen LogP contribution in [0.3, 0.4) is 0 Å². The third-order valence-corrected chi connectivity index (χ3v) is 5.67. The number of allylic oxidation sites excluding steroid dienone is 1. The molecule has 0 bridgehead atoms. The van der Waals surface area contributed by atoms with E-state index in [1.165, 1.54) is 0 Å². The minimum Gasteiger partial charge on any atom is -0.493 e. The van der Waals surface area contributed by atoms with E-state index in [-0.39, 0.29) is 6.61 Å². The van der Waals surface area contributed by atoms with E-state index >= 15 is 0 Å². The lowest BCUT2D eigenvalue weighted by Crippen LogP contribution is -2.29. The summed E-state index contributed by atoms with van der Waals surface area (Å²) in [6.45, 7) is 10.1. The first-order valence-electron chi connectivity index (χ1n) is 10.2. The Labute approximate surface area is 186 Å². The fourth-order valence-electron chi connectivity index (χ4n) is 3.30. The Balaban J connectivity index is 2.10. The van der Waals surface area contributed by atoms with E-state index in [4.69, 9.17) is 14.2 Å². The number of fused-ring (bicyclic) bond motifs is 1. The molecule has 1 aliphatic heterocycles. The Bertz CT molecular complexity index is 986. The summed E-state index contributed by atoms with van der Waals surface area (Å²) in [6, 6.07) is 5.08. The van der Waals surface area contributed by atoms with Crippen molar-refractivity contribution < 1.29 is 19.0 Å². The van der Waals surface area contributed by atoms with Crippen LogP contribution in [0.4, 0.5) is 5.95 Å². The molecule has 3 rings (SSSR count). The molecule has 8 nitrogen and oxygen atoms in total. The molecule has 0 radical (unpaired) electrons. The number of rotatable bonds is 10. The van der Waals surface area contributed by atoms with Gasteiger partial charge < -0.3 is 19.5 Å². The van der Waals surface area contributed by atoms with Crippen LogP contribution in [0.15, 0.2) is 47.3 Å². The van der Waals surface area contributed by atoms with E-state index in [1.54, 1.807) is 29.6 Å². The van der Waals surface area contributed by atoms with Gasteiger partial charge >= 0.3 is 5.97 Å². The average Bonchev–Trinajstić information content (AvgIpc) is 3.17. The zero-order valence-electron chi connectivity index (χ0n) is 18.3. The normalized spacial score (nSPS) is 15.2. The molecule has 0 spiro atoms. The van der Waals surface area contributed by atoms with Gasteiger partial charge in [0.1, 0.15) is 12.6 Å². The van der Waals surface area contributed by atoms with E-state index in [0.29, 0.717) is 40.5 Å². The highest BCUT2D eigenvalue weighted by molar-refractivity contribution is 7.99. The molecule has 1 aromatic carbocycles. The Kier molecular flexibility index (Phi) is 7.62. The van der Waals surface area contributed by atoms with Gasteiger partial charge in [-0.25, -0.2) is 9.48 Å². The molecule has 166 valence electrons. The summed E-state index contributed by atoms with van der Waals surface area (Å²) in [6.07, 6.45) is 2.55. The molecular weight excluding hydrogens is 416 g/mol. The summed E-state index contributed by atoms with van der Waals surface area (Å²) in [5.74, 6) is 2.26. The maximum Gasteiger partial charge on any atom is 0.338 e. The summed E-state index contributed by atoms with van der Waals surface area (Å²) < 4.78 is 18.3. The zero-order chi connectivity index (χ0) is 22.4. The van der Waals surface area contributed by atoms with Gasteiger partial charge in [-0.2, -0.15) is 4.98 Å². The van der Waals surface area contributed by atoms with Gasteiger partial charge in [0, 0.05) is 11.4 Å². The number of hydrogen-bond acceptors (Lipinski definition) is 8. The molecular formula is C22H28N4O4S. The van der Waals surface area contributed by atoms with Crippen molar-refractivity contribution in [2.75, 3.05) is 31.4 Å². The number of benzene rings is 1. The van der Waals surface area contributed by atoms with Gasteiger partial charge in [0.05, 0.1) is 19.3 Å². The first kappa shape index (κ1) is 22.7. The number of methoxy groups -OCH3 is 1. The highest BCUT2D eigenvalue weighted by atomic mass is 32.2. The average molecular weight is 445 g/mol. The predicted octanol–water partition coefficient (Wildman–Crippen LogP) is 4.21. The van der Waals surface area contributed by atoms with Crippen LogP contribution in [-0.2, 0) is 9.53 Å². The molecule has 0 aliphatic carbocycles. The van der Waals surface area contributed by atoms with Crippen molar-refractivity contribution in [2.24, 2.45) is 0 Å². The van der Waals surface area contributed by atoms with E-state index in [1.807, 2.05) is 32.0 Å². The van der Waals surface area contributed by atoms with Crippen molar-refractivity contribution in [1.82, 2.24) is 14.8 Å². The molecule has 0 amide bonds. The zero-order valence-corrected chi connectivity index (χ0v) is 19.1. The van der Waals surface area contributed by atoms with Crippen LogP contribution >= 0.6 is 11.8 Å². The summed E-state index contributed by atoms with van der Waals surface area (Å²) in [4.78, 5) is 17.6. The summed E-state index contributed by atoms with van der Waals surface area (Å²) in [5, 5.41) is 8.53. The molecule has 0 saturated carbocycles. The SMILES string of the molecule is C=CCOC(=O)C1=C(C)Nc2nc(SCCC)nn2C1c1ccc(OCC)c(OC)c1. The fraction of sp³-hybridized carbons (Fsp3) is 0.409. The lowest BCUT2D eigenvalue weighted by atomic mass is 9.95. The van der Waals surface area contributed by atoms with Crippen LogP contribution < -0.4 is 14.8 Å². The highest BCUT2D eigenvalue weighted by Crippen LogP contribution is 2.39. The summed E-state index contributed by atoms with van der Waals surface area (Å²) in [7, 11) is 1.59. The number of hydrogen-bond donors (Lipinski definition) is 1. The van der Waals surface area contributed by atoms with E-state index in [0.717, 1.165) is 17.7 Å². The molecule has 1 unspecified atom stereocenters. The maximum absolute atomic E-state index is 13.0. The second-order valence-corrected chi connectivity index (χ2v) is 7.87. The van der Waals surface area contributed by atoms with Gasteiger partial charge in [-0.3, -0.25) is 0 Å². The van der Waals surface area contributed by atoms with Gasteiger partial charge in [0.15, 0.2) is 11.5 Å². The monoisotopic (exact) mass is 444 g/mol. The van der Waals surface area contributed by atoms with Gasteiger partial charge in [-0.15, -0.1) is 5.10 Å². The van der Waals surface area contributed by atoms with E-state index in [2.05, 4.69) is 28.9 Å². The molecule has 31 heavy (non-hydrogen) atoms. The van der Waals surface area contributed by atoms with Crippen molar-refractivity contribution in [1.29, 1.82) is 0 Å². The molecule has 9 heteroatoms. The molecule has 2 aromatic rings. The molecule has 0 saturated heterocycles. The van der Waals surface area contributed by atoms with Gasteiger partial charge in [-0.05, 0) is 38.0 Å². The number of aromatic nitrogens is 3. The lowest BCUT2D eigenvalue weighted by Gasteiger charge is -2.28. The number of thioether (sulfide) groups is 1. The number of nitrogens with one attached hydrogen (secondary N) is 1. The Morgan fingerprint density at radius 3 is 2.84 bits per heavy atom. The van der Waals surface area contributed by atoms with E-state index < -0.39 is 12.0 Å². The fourth-order valence-corrected chi connectivity index (χ4v) is 3.98. The minimum atomic E-state index is -0.526. The summed E-state index contributed by atoms with van der Waals surface area (Å²) >= 11 is 1.58. The predicted molar refractivity (Wildman–Crippen MR) is 121 cm³/mol. The number of carbonyl (C=O) groups is 1. The Morgan fingerprint density at radius 1 is 1.35 bits per heavy atom. The second kappa shape index (κ2) is 10.4. The number of esters is 1. The molecule has 2 heterocycles. The summed E-state index contributed by atoms with van der Waals surface area (Å²) in [5.41, 5.74) is 1.93. The quantitative estimate of drug-likeness (QED) is 0.331. The number of anilines is 1. The maximum atomic E-state index is 13.0. The van der Waals surface area contributed by atoms with Crippen molar-refractivity contribution in [3.05, 3.63) is 47.7 Å². The van der Waals surface area contributed by atoms with Gasteiger partial charge in [0.25, 0.3) is 0 Å². The largest absolute Gasteiger partial charge is 0.493 e. The molecule has 0 fully saturated rings. The van der Waals surface area contributed by atoms with Crippen LogP contribution in [0.2, 0.25) is 0 Å². The topological polar surface area (TPSA) is 87.5 Å². The molecule has 1 aromatic heterocycles. The minimum absolute atomic E-state index is 0.122. The Hall–Kier alpha value is -2.94. The van der Waals surface area contributed by atoms with E-state index in [9.17, 15) is 4.79 Å². The smallest absolute Gasteiger partial charge is 0.338 e. The van der Waals surface area contributed by atoms with Crippen molar-refractivity contribution in [3.8, 4) is 11.5 Å². The van der Waals surface area contributed by atoms with Crippen LogP contribution in [0.5, 0.6) is 11.5 Å². The first-order chi connectivity index (χ1) is 15.0. The molecule has 1 N–H and O–H groups in total. The number of ether oxygens (including phenoxy) is 3. The molecule has 1 atom stereocenters. The lowest BCUT2D eigenvalue weighted by molar-refractivity contribution is -0.138. The van der Waals surface area contributed by atoms with Crippen molar-refractivity contribution in [2.45, 2.75) is 38.4 Å². The second-order valence-electron chi connectivity index (χ2n) is 6.81. The third kappa shape index (κ3) is 4.87. The highest BCUT2D eigenvalue weighted by Gasteiger charge is 2.35. The van der Waals surface area contributed by atoms with Crippen molar-refractivity contribution >= 4 is 23.7 Å². The van der Waals surface area contributed by atoms with Crippen LogP contribution in [0.1, 0.15) is 38.8 Å². The van der Waals surface area contributed by atoms with Gasteiger partial charge in [0.2, 0.25) is 11.1 Å². The third-order valence-electron chi connectivity index (χ3n) is 4.62. The van der Waals surface area contributed by atoms with Gasteiger partial charge in [-0.1, -0.05) is 37.4 Å². The van der Waals surface area contributed by atoms with Crippen LogP contribution in [0.25, 0.3) is 0 Å². The number of carbonyl (C=O) groups excluding carboxylic acids is 1.